The fourth-order valence-electron chi connectivity index (χ4n) is 2.67. The molecule has 2 aromatic heterocycles. The molecule has 0 aliphatic carbocycles. The summed E-state index contributed by atoms with van der Waals surface area (Å²) in [6, 6.07) is 10.4. The molecule has 0 saturated carbocycles. The second-order valence-electron chi connectivity index (χ2n) is 5.24. The zero-order valence-electron chi connectivity index (χ0n) is 12.6. The molecule has 0 saturated heterocycles. The van der Waals surface area contributed by atoms with E-state index in [0.717, 1.165) is 0 Å². The third-order valence-electron chi connectivity index (χ3n) is 3.81. The Morgan fingerprint density at radius 2 is 1.84 bits per heavy atom. The van der Waals surface area contributed by atoms with Gasteiger partial charge in [-0.2, -0.15) is 5.10 Å². The Hall–Kier alpha value is -2.94. The average Bonchev–Trinajstić information content (AvgIpc) is 3.04. The molecular weight excluding hydrogens is 339 g/mol. The summed E-state index contributed by atoms with van der Waals surface area (Å²) in [7, 11) is 0. The summed E-state index contributed by atoms with van der Waals surface area (Å²) in [5, 5.41) is 13.9. The fraction of sp³-hybridized carbons (Fsp3) is 0.188. The summed E-state index contributed by atoms with van der Waals surface area (Å²) in [6.07, 6.45) is -2.28. The Labute approximate surface area is 139 Å². The van der Waals surface area contributed by atoms with E-state index < -0.39 is 24.4 Å². The van der Waals surface area contributed by atoms with E-state index in [2.05, 4.69) is 14.8 Å². The van der Waals surface area contributed by atoms with E-state index in [9.17, 15) is 23.1 Å². The number of hydrogen-bond acceptors (Lipinski definition) is 4. The summed E-state index contributed by atoms with van der Waals surface area (Å²) in [5.41, 5.74) is -1.67. The number of ether oxygens (including phenoxy) is 1. The molecule has 0 spiro atoms. The Kier molecular flexibility index (Phi) is 4.17. The molecule has 3 aromatic rings. The van der Waals surface area contributed by atoms with Crippen molar-refractivity contribution >= 4 is 11.6 Å². The SMILES string of the molecule is O=C(O)C(COC(F)(F)F)(c1ccccc1)c1ccnc2ccnn12. The highest BCUT2D eigenvalue weighted by Gasteiger charge is 2.48. The van der Waals surface area contributed by atoms with Gasteiger partial charge in [-0.1, -0.05) is 30.3 Å². The van der Waals surface area contributed by atoms with Crippen LogP contribution in [0.4, 0.5) is 13.2 Å². The van der Waals surface area contributed by atoms with Crippen LogP contribution in [0.3, 0.4) is 0 Å². The summed E-state index contributed by atoms with van der Waals surface area (Å²) >= 11 is 0. The molecule has 0 fully saturated rings. The van der Waals surface area contributed by atoms with Crippen molar-refractivity contribution in [2.24, 2.45) is 0 Å². The molecule has 0 amide bonds. The van der Waals surface area contributed by atoms with Crippen LogP contribution in [0.2, 0.25) is 0 Å². The van der Waals surface area contributed by atoms with E-state index in [1.54, 1.807) is 18.2 Å². The van der Waals surface area contributed by atoms with Crippen LogP contribution in [-0.2, 0) is 14.9 Å². The Morgan fingerprint density at radius 1 is 1.12 bits per heavy atom. The third-order valence-corrected chi connectivity index (χ3v) is 3.81. The third kappa shape index (κ3) is 3.05. The quantitative estimate of drug-likeness (QED) is 0.765. The monoisotopic (exact) mass is 351 g/mol. The van der Waals surface area contributed by atoms with Crippen molar-refractivity contribution in [3.63, 3.8) is 0 Å². The molecule has 0 aliphatic heterocycles. The molecule has 25 heavy (non-hydrogen) atoms. The van der Waals surface area contributed by atoms with E-state index in [4.69, 9.17) is 0 Å². The van der Waals surface area contributed by atoms with Gasteiger partial charge in [-0.15, -0.1) is 13.2 Å². The molecule has 0 bridgehead atoms. The van der Waals surface area contributed by atoms with Crippen LogP contribution in [0.15, 0.2) is 54.9 Å². The van der Waals surface area contributed by atoms with Crippen molar-refractivity contribution in [1.82, 2.24) is 14.6 Å². The molecule has 6 nitrogen and oxygen atoms in total. The van der Waals surface area contributed by atoms with Gasteiger partial charge in [0.2, 0.25) is 0 Å². The van der Waals surface area contributed by atoms with Gasteiger partial charge < -0.3 is 5.11 Å². The van der Waals surface area contributed by atoms with E-state index in [1.165, 1.54) is 41.2 Å². The number of carboxylic acids is 1. The van der Waals surface area contributed by atoms with Crippen LogP contribution >= 0.6 is 0 Å². The summed E-state index contributed by atoms with van der Waals surface area (Å²) in [5.74, 6) is -1.49. The number of fused-ring (bicyclic) bond motifs is 1. The number of nitrogens with zero attached hydrogens (tertiary/aromatic N) is 3. The van der Waals surface area contributed by atoms with Gasteiger partial charge in [-0.25, -0.2) is 9.50 Å². The number of rotatable bonds is 5. The number of aromatic nitrogens is 3. The lowest BCUT2D eigenvalue weighted by Crippen LogP contribution is -2.44. The molecule has 3 rings (SSSR count). The van der Waals surface area contributed by atoms with Crippen molar-refractivity contribution < 1.29 is 27.8 Å². The smallest absolute Gasteiger partial charge is 0.480 e. The van der Waals surface area contributed by atoms with Gasteiger partial charge in [0.25, 0.3) is 0 Å². The van der Waals surface area contributed by atoms with Crippen molar-refractivity contribution in [3.8, 4) is 0 Å². The molecule has 2 heterocycles. The Balaban J connectivity index is 2.27. The van der Waals surface area contributed by atoms with E-state index >= 15 is 0 Å². The van der Waals surface area contributed by atoms with E-state index in [0.29, 0.717) is 5.65 Å². The normalized spacial score (nSPS) is 14.4. The predicted molar refractivity (Wildman–Crippen MR) is 79.9 cm³/mol. The number of alkyl halides is 3. The first-order chi connectivity index (χ1) is 11.8. The van der Waals surface area contributed by atoms with Crippen molar-refractivity contribution in [2.75, 3.05) is 6.61 Å². The van der Waals surface area contributed by atoms with Crippen LogP contribution < -0.4 is 0 Å². The predicted octanol–water partition coefficient (Wildman–Crippen LogP) is 2.64. The second-order valence-corrected chi connectivity index (χ2v) is 5.24. The molecule has 1 N–H and O–H groups in total. The number of halogens is 3. The maximum absolute atomic E-state index is 12.7. The molecule has 130 valence electrons. The van der Waals surface area contributed by atoms with Crippen LogP contribution in [-0.4, -0.2) is 38.6 Å². The summed E-state index contributed by atoms with van der Waals surface area (Å²) in [4.78, 5) is 16.2. The van der Waals surface area contributed by atoms with Crippen LogP contribution in [0.5, 0.6) is 0 Å². The highest BCUT2D eigenvalue weighted by molar-refractivity contribution is 5.86. The average molecular weight is 351 g/mol. The van der Waals surface area contributed by atoms with Gasteiger partial charge in [0, 0.05) is 12.3 Å². The van der Waals surface area contributed by atoms with Crippen LogP contribution in [0.25, 0.3) is 5.65 Å². The van der Waals surface area contributed by atoms with Crippen molar-refractivity contribution in [2.45, 2.75) is 11.8 Å². The molecule has 1 aromatic carbocycles. The highest BCUT2D eigenvalue weighted by atomic mass is 19.4. The zero-order valence-corrected chi connectivity index (χ0v) is 12.6. The lowest BCUT2D eigenvalue weighted by Gasteiger charge is -2.30. The molecule has 1 atom stereocenters. The van der Waals surface area contributed by atoms with Crippen LogP contribution in [0, 0.1) is 0 Å². The van der Waals surface area contributed by atoms with Gasteiger partial charge in [-0.3, -0.25) is 9.53 Å². The first-order valence-electron chi connectivity index (χ1n) is 7.13. The second kappa shape index (κ2) is 6.17. The van der Waals surface area contributed by atoms with Gasteiger partial charge in [0.05, 0.1) is 18.5 Å². The van der Waals surface area contributed by atoms with E-state index in [-0.39, 0.29) is 11.3 Å². The first-order valence-corrected chi connectivity index (χ1v) is 7.13. The van der Waals surface area contributed by atoms with Gasteiger partial charge in [0.1, 0.15) is 0 Å². The molecular formula is C16H12F3N3O3. The largest absolute Gasteiger partial charge is 0.522 e. The lowest BCUT2D eigenvalue weighted by molar-refractivity contribution is -0.328. The lowest BCUT2D eigenvalue weighted by atomic mass is 9.78. The van der Waals surface area contributed by atoms with Crippen molar-refractivity contribution in [3.05, 3.63) is 66.1 Å². The first kappa shape index (κ1) is 16.9. The molecule has 0 aliphatic rings. The standard InChI is InChI=1S/C16H12F3N3O3/c17-16(18,19)25-10-15(14(23)24,11-4-2-1-3-5-11)12-6-8-20-13-7-9-21-22(12)13/h1-9H,10H2,(H,23,24). The van der Waals surface area contributed by atoms with E-state index in [1.807, 2.05) is 0 Å². The Bertz CT molecular complexity index is 896. The Morgan fingerprint density at radius 3 is 2.48 bits per heavy atom. The molecule has 9 heteroatoms. The van der Waals surface area contributed by atoms with Crippen LogP contribution in [0.1, 0.15) is 11.3 Å². The topological polar surface area (TPSA) is 76.7 Å². The van der Waals surface area contributed by atoms with Gasteiger partial charge >= 0.3 is 12.3 Å². The van der Waals surface area contributed by atoms with Gasteiger partial charge in [-0.05, 0) is 11.6 Å². The summed E-state index contributed by atoms with van der Waals surface area (Å²) in [6.45, 7) is -1.14. The number of carbonyl (C=O) groups is 1. The highest BCUT2D eigenvalue weighted by Crippen LogP contribution is 2.35. The minimum Gasteiger partial charge on any atom is -0.480 e. The number of benzene rings is 1. The number of carboxylic acid groups (broad SMARTS) is 1. The van der Waals surface area contributed by atoms with Gasteiger partial charge in [0.15, 0.2) is 11.1 Å². The minimum absolute atomic E-state index is 0.00505. The number of aliphatic carboxylic acids is 1. The number of hydrogen-bond donors (Lipinski definition) is 1. The molecule has 1 unspecified atom stereocenters. The maximum Gasteiger partial charge on any atom is 0.522 e. The fourth-order valence-corrected chi connectivity index (χ4v) is 2.67. The summed E-state index contributed by atoms with van der Waals surface area (Å²) < 4.78 is 43.2. The maximum atomic E-state index is 12.7. The molecule has 0 radical (unpaired) electrons. The zero-order chi connectivity index (χ0) is 18.1. The minimum atomic E-state index is -4.98. The van der Waals surface area contributed by atoms with Crippen molar-refractivity contribution in [1.29, 1.82) is 0 Å².